The third-order valence-corrected chi connectivity index (χ3v) is 3.03. The second-order valence-electron chi connectivity index (χ2n) is 4.24. The Morgan fingerprint density at radius 2 is 2.00 bits per heavy atom. The zero-order chi connectivity index (χ0) is 14.0. The van der Waals surface area contributed by atoms with E-state index in [0.29, 0.717) is 40.0 Å². The van der Waals surface area contributed by atoms with Gasteiger partial charge in [-0.3, -0.25) is 4.79 Å². The normalized spacial score (nSPS) is 10.2. The van der Waals surface area contributed by atoms with Crippen LogP contribution in [0.2, 0.25) is 0 Å². The largest absolute Gasteiger partial charge is 0.504 e. The zero-order valence-electron chi connectivity index (χ0n) is 10.8. The molecule has 0 fully saturated rings. The van der Waals surface area contributed by atoms with Crippen molar-refractivity contribution < 1.29 is 14.6 Å². The molecule has 0 unspecified atom stereocenters. The Balaban J connectivity index is 2.82. The molecule has 4 heteroatoms. The molecule has 0 saturated carbocycles. The van der Waals surface area contributed by atoms with Gasteiger partial charge in [0, 0.05) is 22.4 Å². The summed E-state index contributed by atoms with van der Waals surface area (Å²) in [4.78, 5) is 11.2. The summed E-state index contributed by atoms with van der Waals surface area (Å²) >= 11 is 0. The van der Waals surface area contributed by atoms with E-state index >= 15 is 0 Å². The molecule has 4 nitrogen and oxygen atoms in total. The van der Waals surface area contributed by atoms with E-state index in [4.69, 9.17) is 10.5 Å². The molecule has 0 aliphatic rings. The number of hydrogen-bond donors (Lipinski definition) is 2. The van der Waals surface area contributed by atoms with Crippen molar-refractivity contribution in [3.05, 3.63) is 41.5 Å². The maximum atomic E-state index is 11.2. The van der Waals surface area contributed by atoms with Crippen LogP contribution in [0.25, 0.3) is 11.1 Å². The highest BCUT2D eigenvalue weighted by Gasteiger charge is 2.18. The van der Waals surface area contributed by atoms with Crippen molar-refractivity contribution in [2.45, 2.75) is 6.92 Å². The predicted molar refractivity (Wildman–Crippen MR) is 74.6 cm³/mol. The summed E-state index contributed by atoms with van der Waals surface area (Å²) in [5, 5.41) is 10.3. The zero-order valence-corrected chi connectivity index (χ0v) is 10.8. The number of benzene rings is 2. The first-order valence-electron chi connectivity index (χ1n) is 5.80. The Bertz CT molecular complexity index is 636. The molecule has 0 aliphatic heterocycles. The van der Waals surface area contributed by atoms with Gasteiger partial charge in [0.25, 0.3) is 0 Å². The van der Waals surface area contributed by atoms with Gasteiger partial charge in [-0.05, 0) is 24.6 Å². The fourth-order valence-electron chi connectivity index (χ4n) is 2.17. The summed E-state index contributed by atoms with van der Waals surface area (Å²) in [6.07, 6.45) is 0.702. The summed E-state index contributed by atoms with van der Waals surface area (Å²) in [7, 11) is 1.47. The highest BCUT2D eigenvalue weighted by atomic mass is 16.5. The van der Waals surface area contributed by atoms with Crippen LogP contribution >= 0.6 is 0 Å². The molecule has 0 saturated heterocycles. The van der Waals surface area contributed by atoms with E-state index in [1.54, 1.807) is 37.3 Å². The first-order valence-corrected chi connectivity index (χ1v) is 5.80. The molecule has 0 atom stereocenters. The number of rotatable bonds is 3. The fraction of sp³-hybridized carbons (Fsp3) is 0.133. The van der Waals surface area contributed by atoms with Crippen LogP contribution in [0.1, 0.15) is 15.9 Å². The highest BCUT2D eigenvalue weighted by molar-refractivity contribution is 5.95. The number of phenols is 1. The number of hydrogen-bond acceptors (Lipinski definition) is 4. The van der Waals surface area contributed by atoms with Crippen LogP contribution in [0.4, 0.5) is 5.69 Å². The van der Waals surface area contributed by atoms with Gasteiger partial charge >= 0.3 is 0 Å². The summed E-state index contributed by atoms with van der Waals surface area (Å²) in [5.41, 5.74) is 8.49. The lowest BCUT2D eigenvalue weighted by Crippen LogP contribution is -1.98. The first-order chi connectivity index (χ1) is 9.10. The minimum atomic E-state index is -0.0671. The maximum absolute atomic E-state index is 11.2. The van der Waals surface area contributed by atoms with E-state index in [2.05, 4.69) is 0 Å². The average molecular weight is 257 g/mol. The van der Waals surface area contributed by atoms with Gasteiger partial charge in [-0.15, -0.1) is 0 Å². The minimum absolute atomic E-state index is 0.0671. The van der Waals surface area contributed by atoms with Gasteiger partial charge in [0.15, 0.2) is 17.8 Å². The number of anilines is 1. The topological polar surface area (TPSA) is 72.5 Å². The number of ether oxygens (including phenoxy) is 1. The third-order valence-electron chi connectivity index (χ3n) is 3.03. The van der Waals surface area contributed by atoms with E-state index in [9.17, 15) is 9.90 Å². The van der Waals surface area contributed by atoms with Crippen LogP contribution in [0.15, 0.2) is 30.3 Å². The molecule has 0 amide bonds. The van der Waals surface area contributed by atoms with E-state index < -0.39 is 0 Å². The van der Waals surface area contributed by atoms with Crippen molar-refractivity contribution in [3.8, 4) is 22.6 Å². The number of carbonyl (C=O) groups excluding carboxylic acids is 1. The smallest absolute Gasteiger partial charge is 0.166 e. The number of para-hydroxylation sites is 1. The Morgan fingerprint density at radius 1 is 1.32 bits per heavy atom. The quantitative estimate of drug-likeness (QED) is 0.655. The molecule has 2 aromatic carbocycles. The second-order valence-corrected chi connectivity index (χ2v) is 4.24. The van der Waals surface area contributed by atoms with E-state index in [1.807, 2.05) is 0 Å². The lowest BCUT2D eigenvalue weighted by Gasteiger charge is -2.15. The molecule has 0 radical (unpaired) electrons. The van der Waals surface area contributed by atoms with Crippen molar-refractivity contribution in [1.82, 2.24) is 0 Å². The van der Waals surface area contributed by atoms with Gasteiger partial charge in [0.05, 0.1) is 7.11 Å². The Kier molecular flexibility index (Phi) is 3.42. The molecule has 19 heavy (non-hydrogen) atoms. The lowest BCUT2D eigenvalue weighted by molar-refractivity contribution is 0.112. The van der Waals surface area contributed by atoms with Gasteiger partial charge in [-0.1, -0.05) is 18.2 Å². The standard InChI is InChI=1S/C15H15NO3/c1-9-7-10(8-17)13(14(18)15(9)19-2)11-5-3-4-6-12(11)16/h3-8,18H,16H2,1-2H3. The maximum Gasteiger partial charge on any atom is 0.166 e. The number of nitrogen functional groups attached to an aromatic ring is 1. The van der Waals surface area contributed by atoms with Crippen molar-refractivity contribution in [1.29, 1.82) is 0 Å². The van der Waals surface area contributed by atoms with Gasteiger partial charge in [-0.2, -0.15) is 0 Å². The Labute approximate surface area is 111 Å². The summed E-state index contributed by atoms with van der Waals surface area (Å²) in [5.74, 6) is 0.284. The van der Waals surface area contributed by atoms with Gasteiger partial charge in [0.2, 0.25) is 0 Å². The molecule has 3 N–H and O–H groups in total. The number of aldehydes is 1. The van der Waals surface area contributed by atoms with E-state index in [0.717, 1.165) is 0 Å². The number of nitrogens with two attached hydrogens (primary N) is 1. The molecule has 98 valence electrons. The summed E-state index contributed by atoms with van der Waals surface area (Å²) in [6, 6.07) is 8.74. The van der Waals surface area contributed by atoms with Gasteiger partial charge < -0.3 is 15.6 Å². The second kappa shape index (κ2) is 5.02. The molecule has 0 spiro atoms. The van der Waals surface area contributed by atoms with Crippen molar-refractivity contribution in [2.24, 2.45) is 0 Å². The van der Waals surface area contributed by atoms with E-state index in [-0.39, 0.29) is 5.75 Å². The molecular formula is C15H15NO3. The SMILES string of the molecule is COc1c(C)cc(C=O)c(-c2ccccc2N)c1O. The molecule has 0 bridgehead atoms. The van der Waals surface area contributed by atoms with Crippen LogP contribution in [0.3, 0.4) is 0 Å². The van der Waals surface area contributed by atoms with Crippen molar-refractivity contribution in [3.63, 3.8) is 0 Å². The number of aromatic hydroxyl groups is 1. The number of methoxy groups -OCH3 is 1. The minimum Gasteiger partial charge on any atom is -0.504 e. The molecule has 2 rings (SSSR count). The average Bonchev–Trinajstić information content (AvgIpc) is 2.40. The van der Waals surface area contributed by atoms with Crippen LogP contribution in [0, 0.1) is 6.92 Å². The number of aryl methyl sites for hydroxylation is 1. The van der Waals surface area contributed by atoms with Crippen LogP contribution in [-0.4, -0.2) is 18.5 Å². The summed E-state index contributed by atoms with van der Waals surface area (Å²) < 4.78 is 5.17. The molecular weight excluding hydrogens is 242 g/mol. The van der Waals surface area contributed by atoms with Crippen molar-refractivity contribution >= 4 is 12.0 Å². The van der Waals surface area contributed by atoms with Gasteiger partial charge in [0.1, 0.15) is 0 Å². The van der Waals surface area contributed by atoms with Gasteiger partial charge in [-0.25, -0.2) is 0 Å². The van der Waals surface area contributed by atoms with Crippen molar-refractivity contribution in [2.75, 3.05) is 12.8 Å². The highest BCUT2D eigenvalue weighted by Crippen LogP contribution is 2.43. The molecule has 0 aromatic heterocycles. The Hall–Kier alpha value is -2.49. The summed E-state index contributed by atoms with van der Waals surface area (Å²) in [6.45, 7) is 1.77. The Morgan fingerprint density at radius 3 is 2.58 bits per heavy atom. The lowest BCUT2D eigenvalue weighted by atomic mass is 9.95. The fourth-order valence-corrected chi connectivity index (χ4v) is 2.17. The predicted octanol–water partition coefficient (Wildman–Crippen LogP) is 2.77. The third kappa shape index (κ3) is 2.12. The number of phenolic OH excluding ortho intramolecular Hbond substituents is 1. The van der Waals surface area contributed by atoms with Crippen LogP contribution in [-0.2, 0) is 0 Å². The number of carbonyl (C=O) groups is 1. The molecule has 0 heterocycles. The molecule has 2 aromatic rings. The monoisotopic (exact) mass is 257 g/mol. The first kappa shape index (κ1) is 13.0. The molecule has 0 aliphatic carbocycles. The van der Waals surface area contributed by atoms with E-state index in [1.165, 1.54) is 7.11 Å². The van der Waals surface area contributed by atoms with Crippen LogP contribution < -0.4 is 10.5 Å². The van der Waals surface area contributed by atoms with Crippen LogP contribution in [0.5, 0.6) is 11.5 Å².